The molecule has 2 amide bonds. The number of benzene rings is 2. The molecule has 0 aliphatic carbocycles. The van der Waals surface area contributed by atoms with Gasteiger partial charge in [0.1, 0.15) is 18.2 Å². The zero-order chi connectivity index (χ0) is 24.8. The van der Waals surface area contributed by atoms with E-state index in [1.165, 1.54) is 5.56 Å². The quantitative estimate of drug-likeness (QED) is 0.400. The molecule has 3 rings (SSSR count). The number of rotatable bonds is 8. The normalized spacial score (nSPS) is 15.2. The van der Waals surface area contributed by atoms with E-state index >= 15 is 0 Å². The summed E-state index contributed by atoms with van der Waals surface area (Å²) in [7, 11) is 0. The molecule has 0 radical (unpaired) electrons. The van der Waals surface area contributed by atoms with E-state index in [2.05, 4.69) is 0 Å². The van der Waals surface area contributed by atoms with Gasteiger partial charge in [0, 0.05) is 12.1 Å². The van der Waals surface area contributed by atoms with Crippen molar-refractivity contribution < 1.29 is 19.1 Å². The SMILES string of the molecule is CCOc1cc(/C=C2/C(=O)N(CC(C)C)C(=O)C(C#N)=C2C)ccc1OCc1ccc(C)cc1. The number of nitrogens with zero attached hydrogens (tertiary/aromatic N) is 2. The topological polar surface area (TPSA) is 79.6 Å². The number of aryl methyl sites for hydroxylation is 1. The second-order valence-electron chi connectivity index (χ2n) is 8.70. The van der Waals surface area contributed by atoms with Gasteiger partial charge in [-0.05, 0) is 61.6 Å². The van der Waals surface area contributed by atoms with Crippen LogP contribution in [-0.4, -0.2) is 29.9 Å². The molecule has 1 aliphatic rings. The summed E-state index contributed by atoms with van der Waals surface area (Å²) in [4.78, 5) is 27.0. The van der Waals surface area contributed by atoms with Gasteiger partial charge in [0.15, 0.2) is 11.5 Å². The summed E-state index contributed by atoms with van der Waals surface area (Å²) in [5.41, 5.74) is 3.65. The molecule has 0 unspecified atom stereocenters. The molecule has 0 saturated heterocycles. The fourth-order valence-electron chi connectivity index (χ4n) is 3.67. The first kappa shape index (κ1) is 24.8. The number of hydrogen-bond acceptors (Lipinski definition) is 5. The summed E-state index contributed by atoms with van der Waals surface area (Å²) in [5.74, 6) is 0.311. The lowest BCUT2D eigenvalue weighted by Gasteiger charge is -2.28. The average molecular weight is 459 g/mol. The van der Waals surface area contributed by atoms with E-state index < -0.39 is 11.8 Å². The maximum absolute atomic E-state index is 13.1. The van der Waals surface area contributed by atoms with E-state index in [1.807, 2.05) is 64.1 Å². The molecule has 1 aliphatic heterocycles. The lowest BCUT2D eigenvalue weighted by Crippen LogP contribution is -2.44. The summed E-state index contributed by atoms with van der Waals surface area (Å²) in [6.45, 7) is 10.5. The molecule has 2 aromatic carbocycles. The van der Waals surface area contributed by atoms with Crippen LogP contribution >= 0.6 is 0 Å². The van der Waals surface area contributed by atoms with E-state index in [0.29, 0.717) is 41.4 Å². The maximum Gasteiger partial charge on any atom is 0.271 e. The Labute approximate surface area is 201 Å². The summed E-state index contributed by atoms with van der Waals surface area (Å²) in [5, 5.41) is 9.54. The summed E-state index contributed by atoms with van der Waals surface area (Å²) in [6.07, 6.45) is 1.70. The maximum atomic E-state index is 13.1. The fraction of sp³-hybridized carbons (Fsp3) is 0.321. The van der Waals surface area contributed by atoms with Crippen LogP contribution in [0, 0.1) is 24.2 Å². The van der Waals surface area contributed by atoms with Gasteiger partial charge in [-0.1, -0.05) is 49.7 Å². The van der Waals surface area contributed by atoms with Gasteiger partial charge < -0.3 is 9.47 Å². The highest BCUT2D eigenvalue weighted by atomic mass is 16.5. The largest absolute Gasteiger partial charge is 0.490 e. The molecule has 0 saturated carbocycles. The number of hydrogen-bond donors (Lipinski definition) is 0. The van der Waals surface area contributed by atoms with Gasteiger partial charge in [0.25, 0.3) is 11.8 Å². The van der Waals surface area contributed by atoms with Crippen LogP contribution in [0.4, 0.5) is 0 Å². The van der Waals surface area contributed by atoms with Crippen LogP contribution in [0.1, 0.15) is 44.4 Å². The molecule has 6 heteroatoms. The molecule has 1 heterocycles. The lowest BCUT2D eigenvalue weighted by molar-refractivity contribution is -0.141. The van der Waals surface area contributed by atoms with Gasteiger partial charge in [0.2, 0.25) is 0 Å². The third-order valence-electron chi connectivity index (χ3n) is 5.47. The molecule has 0 aromatic heterocycles. The van der Waals surface area contributed by atoms with E-state index in [1.54, 1.807) is 25.1 Å². The highest BCUT2D eigenvalue weighted by molar-refractivity contribution is 6.19. The van der Waals surface area contributed by atoms with Crippen molar-refractivity contribution in [1.82, 2.24) is 4.90 Å². The lowest BCUT2D eigenvalue weighted by atomic mass is 9.93. The van der Waals surface area contributed by atoms with Crippen molar-refractivity contribution >= 4 is 17.9 Å². The third-order valence-corrected chi connectivity index (χ3v) is 5.47. The van der Waals surface area contributed by atoms with E-state index in [9.17, 15) is 14.9 Å². The molecule has 2 aromatic rings. The second-order valence-corrected chi connectivity index (χ2v) is 8.70. The Bertz CT molecular complexity index is 1180. The first-order valence-corrected chi connectivity index (χ1v) is 11.4. The molecular weight excluding hydrogens is 428 g/mol. The predicted octanol–water partition coefficient (Wildman–Crippen LogP) is 5.22. The smallest absolute Gasteiger partial charge is 0.271 e. The Balaban J connectivity index is 1.94. The second kappa shape index (κ2) is 10.8. The molecule has 0 bridgehead atoms. The van der Waals surface area contributed by atoms with Crippen LogP contribution < -0.4 is 9.47 Å². The minimum absolute atomic E-state index is 0.00502. The number of carbonyl (C=O) groups excluding carboxylic acids is 2. The minimum atomic E-state index is -0.536. The molecule has 0 N–H and O–H groups in total. The van der Waals surface area contributed by atoms with Crippen molar-refractivity contribution in [2.75, 3.05) is 13.2 Å². The van der Waals surface area contributed by atoms with Gasteiger partial charge in [-0.25, -0.2) is 0 Å². The molecule has 0 spiro atoms. The summed E-state index contributed by atoms with van der Waals surface area (Å²) >= 11 is 0. The zero-order valence-electron chi connectivity index (χ0n) is 20.3. The van der Waals surface area contributed by atoms with Crippen molar-refractivity contribution in [3.05, 3.63) is 75.9 Å². The van der Waals surface area contributed by atoms with E-state index in [0.717, 1.165) is 10.5 Å². The monoisotopic (exact) mass is 458 g/mol. The molecule has 6 nitrogen and oxygen atoms in total. The van der Waals surface area contributed by atoms with E-state index in [4.69, 9.17) is 9.47 Å². The van der Waals surface area contributed by atoms with Crippen molar-refractivity contribution in [3.8, 4) is 17.6 Å². The highest BCUT2D eigenvalue weighted by Crippen LogP contribution is 2.32. The Morgan fingerprint density at radius 1 is 1.00 bits per heavy atom. The van der Waals surface area contributed by atoms with Gasteiger partial charge in [0.05, 0.1) is 6.61 Å². The minimum Gasteiger partial charge on any atom is -0.490 e. The molecule has 0 fully saturated rings. The molecule has 176 valence electrons. The van der Waals surface area contributed by atoms with Gasteiger partial charge >= 0.3 is 0 Å². The average Bonchev–Trinajstić information content (AvgIpc) is 2.80. The number of amides is 2. The Morgan fingerprint density at radius 2 is 1.71 bits per heavy atom. The van der Waals surface area contributed by atoms with Crippen molar-refractivity contribution in [2.24, 2.45) is 5.92 Å². The Hall–Kier alpha value is -3.85. The Kier molecular flexibility index (Phi) is 7.91. The van der Waals surface area contributed by atoms with Crippen molar-refractivity contribution in [2.45, 2.75) is 41.2 Å². The number of ether oxygens (including phenoxy) is 2. The van der Waals surface area contributed by atoms with Gasteiger partial charge in [-0.3, -0.25) is 14.5 Å². The van der Waals surface area contributed by atoms with Gasteiger partial charge in [-0.15, -0.1) is 0 Å². The molecular formula is C28H30N2O4. The first-order valence-electron chi connectivity index (χ1n) is 11.4. The standard InChI is InChI=1S/C28H30N2O4/c1-6-33-26-14-22(11-12-25(26)34-17-21-9-7-19(4)8-10-21)13-23-20(5)24(15-29)28(32)30(27(23)31)16-18(2)3/h7-14,18H,6,16-17H2,1-5H3/b23-13+. The van der Waals surface area contributed by atoms with Crippen LogP contribution in [-0.2, 0) is 16.2 Å². The highest BCUT2D eigenvalue weighted by Gasteiger charge is 2.35. The van der Waals surface area contributed by atoms with Crippen LogP contribution in [0.5, 0.6) is 11.5 Å². The van der Waals surface area contributed by atoms with Crippen LogP contribution in [0.3, 0.4) is 0 Å². The molecule has 0 atom stereocenters. The zero-order valence-corrected chi connectivity index (χ0v) is 20.3. The number of carbonyl (C=O) groups is 2. The van der Waals surface area contributed by atoms with Gasteiger partial charge in [-0.2, -0.15) is 5.26 Å². The Morgan fingerprint density at radius 3 is 2.32 bits per heavy atom. The number of nitriles is 1. The summed E-state index contributed by atoms with van der Waals surface area (Å²) < 4.78 is 11.8. The predicted molar refractivity (Wildman–Crippen MR) is 131 cm³/mol. The number of imide groups is 1. The van der Waals surface area contributed by atoms with Crippen LogP contribution in [0.25, 0.3) is 6.08 Å². The fourth-order valence-corrected chi connectivity index (χ4v) is 3.67. The third kappa shape index (κ3) is 5.55. The first-order chi connectivity index (χ1) is 16.2. The summed E-state index contributed by atoms with van der Waals surface area (Å²) in [6, 6.07) is 15.5. The van der Waals surface area contributed by atoms with Crippen LogP contribution in [0.15, 0.2) is 59.2 Å². The van der Waals surface area contributed by atoms with Crippen molar-refractivity contribution in [1.29, 1.82) is 5.26 Å². The molecule has 34 heavy (non-hydrogen) atoms. The van der Waals surface area contributed by atoms with Crippen LogP contribution in [0.2, 0.25) is 0 Å². The van der Waals surface area contributed by atoms with E-state index in [-0.39, 0.29) is 18.0 Å². The van der Waals surface area contributed by atoms with Crippen molar-refractivity contribution in [3.63, 3.8) is 0 Å².